The van der Waals surface area contributed by atoms with Gasteiger partial charge < -0.3 is 14.7 Å². The third-order valence-electron chi connectivity index (χ3n) is 5.15. The standard InChI is InChI=1S/C17H25N3O3/c1-17(2,3)15-5-11-9-19(10-14(11)20(15)16(21)22)12-6-13(23-4)8-18-7-12/h6-8,11,14-15H,5,9-10H2,1-4H3,(H,21,22)/t11-,14+,15?/m0/s1. The minimum absolute atomic E-state index is 0.0366. The molecule has 0 aromatic carbocycles. The van der Waals surface area contributed by atoms with E-state index in [4.69, 9.17) is 4.74 Å². The first-order chi connectivity index (χ1) is 10.8. The maximum atomic E-state index is 11.8. The Balaban J connectivity index is 1.81. The van der Waals surface area contributed by atoms with E-state index in [9.17, 15) is 9.90 Å². The van der Waals surface area contributed by atoms with Gasteiger partial charge in [0.1, 0.15) is 5.75 Å². The lowest BCUT2D eigenvalue weighted by molar-refractivity contribution is 0.0889. The van der Waals surface area contributed by atoms with Gasteiger partial charge in [-0.05, 0) is 11.8 Å². The highest BCUT2D eigenvalue weighted by Crippen LogP contribution is 2.43. The summed E-state index contributed by atoms with van der Waals surface area (Å²) in [5.41, 5.74) is 0.960. The molecule has 0 radical (unpaired) electrons. The Bertz CT molecular complexity index is 599. The molecule has 3 atom stereocenters. The highest BCUT2D eigenvalue weighted by molar-refractivity contribution is 5.67. The summed E-state index contributed by atoms with van der Waals surface area (Å²) in [7, 11) is 1.62. The molecule has 3 heterocycles. The monoisotopic (exact) mass is 319 g/mol. The number of aromatic nitrogens is 1. The summed E-state index contributed by atoms with van der Waals surface area (Å²) in [5, 5.41) is 9.71. The summed E-state index contributed by atoms with van der Waals surface area (Å²) in [6.45, 7) is 7.96. The highest BCUT2D eigenvalue weighted by atomic mass is 16.5. The van der Waals surface area contributed by atoms with E-state index >= 15 is 0 Å². The van der Waals surface area contributed by atoms with Crippen molar-refractivity contribution in [2.45, 2.75) is 39.3 Å². The van der Waals surface area contributed by atoms with Crippen LogP contribution in [-0.4, -0.2) is 53.4 Å². The number of nitrogens with zero attached hydrogens (tertiary/aromatic N) is 3. The number of likely N-dealkylation sites (tertiary alicyclic amines) is 1. The van der Waals surface area contributed by atoms with Gasteiger partial charge in [-0.15, -0.1) is 0 Å². The van der Waals surface area contributed by atoms with Crippen molar-refractivity contribution in [2.24, 2.45) is 11.3 Å². The number of amides is 1. The van der Waals surface area contributed by atoms with Crippen LogP contribution in [0.4, 0.5) is 10.5 Å². The molecule has 3 rings (SSSR count). The maximum Gasteiger partial charge on any atom is 0.407 e. The second-order valence-electron chi connectivity index (χ2n) is 7.62. The Morgan fingerprint density at radius 2 is 2.09 bits per heavy atom. The molecule has 0 aliphatic carbocycles. The van der Waals surface area contributed by atoms with Gasteiger partial charge in [0.2, 0.25) is 0 Å². The predicted molar refractivity (Wildman–Crippen MR) is 88.0 cm³/mol. The number of hydrogen-bond acceptors (Lipinski definition) is 4. The molecule has 1 aromatic heterocycles. The van der Waals surface area contributed by atoms with Crippen molar-refractivity contribution in [3.63, 3.8) is 0 Å². The van der Waals surface area contributed by atoms with Crippen LogP contribution in [0.1, 0.15) is 27.2 Å². The number of hydrogen-bond donors (Lipinski definition) is 1. The van der Waals surface area contributed by atoms with E-state index in [0.29, 0.717) is 5.92 Å². The van der Waals surface area contributed by atoms with Crippen LogP contribution in [-0.2, 0) is 0 Å². The van der Waals surface area contributed by atoms with Crippen LogP contribution in [0.25, 0.3) is 0 Å². The first kappa shape index (κ1) is 15.9. The Hall–Kier alpha value is -1.98. The second-order valence-corrected chi connectivity index (χ2v) is 7.62. The molecule has 6 nitrogen and oxygen atoms in total. The van der Waals surface area contributed by atoms with Gasteiger partial charge in [0.05, 0.1) is 31.2 Å². The van der Waals surface area contributed by atoms with E-state index in [-0.39, 0.29) is 17.5 Å². The highest BCUT2D eigenvalue weighted by Gasteiger charge is 2.51. The van der Waals surface area contributed by atoms with Crippen molar-refractivity contribution < 1.29 is 14.6 Å². The summed E-state index contributed by atoms with van der Waals surface area (Å²) >= 11 is 0. The maximum absolute atomic E-state index is 11.8. The van der Waals surface area contributed by atoms with E-state index in [2.05, 4.69) is 30.7 Å². The lowest BCUT2D eigenvalue weighted by atomic mass is 9.84. The van der Waals surface area contributed by atoms with E-state index in [1.54, 1.807) is 18.2 Å². The Labute approximate surface area is 137 Å². The largest absolute Gasteiger partial charge is 0.495 e. The minimum Gasteiger partial charge on any atom is -0.495 e. The lowest BCUT2D eigenvalue weighted by Crippen LogP contribution is -2.48. The number of rotatable bonds is 2. The molecule has 2 fully saturated rings. The van der Waals surface area contributed by atoms with Gasteiger partial charge in [-0.3, -0.25) is 9.88 Å². The molecule has 2 saturated heterocycles. The van der Waals surface area contributed by atoms with Crippen molar-refractivity contribution >= 4 is 11.8 Å². The Morgan fingerprint density at radius 3 is 2.70 bits per heavy atom. The molecule has 1 N–H and O–H groups in total. The molecule has 2 aliphatic rings. The number of pyridine rings is 1. The van der Waals surface area contributed by atoms with Gasteiger partial charge >= 0.3 is 6.09 Å². The van der Waals surface area contributed by atoms with Gasteiger partial charge in [0.25, 0.3) is 0 Å². The molecule has 1 unspecified atom stereocenters. The summed E-state index contributed by atoms with van der Waals surface area (Å²) in [6, 6.07) is 2.10. The fourth-order valence-corrected chi connectivity index (χ4v) is 3.98. The molecule has 2 aliphatic heterocycles. The van der Waals surface area contributed by atoms with Crippen molar-refractivity contribution in [2.75, 3.05) is 25.1 Å². The summed E-state index contributed by atoms with van der Waals surface area (Å²) < 4.78 is 5.24. The molecular formula is C17H25N3O3. The normalized spacial score (nSPS) is 27.2. The molecule has 0 bridgehead atoms. The lowest BCUT2D eigenvalue weighted by Gasteiger charge is -2.36. The number of fused-ring (bicyclic) bond motifs is 1. The van der Waals surface area contributed by atoms with Gasteiger partial charge in [-0.1, -0.05) is 20.8 Å². The molecule has 1 aromatic rings. The molecule has 6 heteroatoms. The number of anilines is 1. The SMILES string of the molecule is COc1cncc(N2C[C@@H]3CC(C(C)(C)C)N(C(=O)O)[C@@H]3C2)c1. The van der Waals surface area contributed by atoms with Crippen LogP contribution in [0.2, 0.25) is 0 Å². The topological polar surface area (TPSA) is 65.9 Å². The zero-order valence-electron chi connectivity index (χ0n) is 14.2. The summed E-state index contributed by atoms with van der Waals surface area (Å²) in [4.78, 5) is 19.9. The summed E-state index contributed by atoms with van der Waals surface area (Å²) in [6.07, 6.45) is 3.62. The van der Waals surface area contributed by atoms with Crippen LogP contribution in [0.3, 0.4) is 0 Å². The zero-order valence-corrected chi connectivity index (χ0v) is 14.2. The molecule has 0 spiro atoms. The number of carbonyl (C=O) groups is 1. The van der Waals surface area contributed by atoms with E-state index in [1.165, 1.54) is 0 Å². The molecule has 23 heavy (non-hydrogen) atoms. The van der Waals surface area contributed by atoms with Gasteiger partial charge in [-0.25, -0.2) is 4.79 Å². The number of ether oxygens (including phenoxy) is 1. The molecule has 1 amide bonds. The van der Waals surface area contributed by atoms with Crippen molar-refractivity contribution in [1.29, 1.82) is 0 Å². The van der Waals surface area contributed by atoms with E-state index in [1.807, 2.05) is 12.3 Å². The van der Waals surface area contributed by atoms with Crippen LogP contribution in [0.15, 0.2) is 18.5 Å². The quantitative estimate of drug-likeness (QED) is 0.908. The van der Waals surface area contributed by atoms with Crippen molar-refractivity contribution in [3.05, 3.63) is 18.5 Å². The fourth-order valence-electron chi connectivity index (χ4n) is 3.98. The van der Waals surface area contributed by atoms with Crippen LogP contribution >= 0.6 is 0 Å². The smallest absolute Gasteiger partial charge is 0.407 e. The van der Waals surface area contributed by atoms with Gasteiger partial charge in [0, 0.05) is 31.1 Å². The van der Waals surface area contributed by atoms with Crippen molar-refractivity contribution in [3.8, 4) is 5.75 Å². The Morgan fingerprint density at radius 1 is 1.35 bits per heavy atom. The van der Waals surface area contributed by atoms with Crippen LogP contribution < -0.4 is 9.64 Å². The summed E-state index contributed by atoms with van der Waals surface area (Å²) in [5.74, 6) is 1.10. The predicted octanol–water partition coefficient (Wildman–Crippen LogP) is 2.69. The molecular weight excluding hydrogens is 294 g/mol. The van der Waals surface area contributed by atoms with Crippen LogP contribution in [0.5, 0.6) is 5.75 Å². The average Bonchev–Trinajstić information content (AvgIpc) is 3.03. The number of carboxylic acid groups (broad SMARTS) is 1. The first-order valence-corrected chi connectivity index (χ1v) is 8.06. The van der Waals surface area contributed by atoms with Gasteiger partial charge in [0.15, 0.2) is 0 Å². The second kappa shape index (κ2) is 5.58. The average molecular weight is 319 g/mol. The minimum atomic E-state index is -0.803. The van der Waals surface area contributed by atoms with E-state index in [0.717, 1.165) is 30.9 Å². The van der Waals surface area contributed by atoms with Crippen LogP contribution in [0, 0.1) is 11.3 Å². The zero-order chi connectivity index (χ0) is 16.8. The fraction of sp³-hybridized carbons (Fsp3) is 0.647. The van der Waals surface area contributed by atoms with E-state index < -0.39 is 6.09 Å². The first-order valence-electron chi connectivity index (χ1n) is 8.06. The third kappa shape index (κ3) is 2.82. The third-order valence-corrected chi connectivity index (χ3v) is 5.15. The molecule has 0 saturated carbocycles. The molecule has 126 valence electrons. The van der Waals surface area contributed by atoms with Gasteiger partial charge in [-0.2, -0.15) is 0 Å². The van der Waals surface area contributed by atoms with Crippen molar-refractivity contribution in [1.82, 2.24) is 9.88 Å². The number of methoxy groups -OCH3 is 1. The Kier molecular flexibility index (Phi) is 3.86.